The van der Waals surface area contributed by atoms with E-state index in [9.17, 15) is 24.9 Å². The van der Waals surface area contributed by atoms with Crippen LogP contribution in [0.4, 0.5) is 0 Å². The monoisotopic (exact) mass is 585 g/mol. The van der Waals surface area contributed by atoms with Crippen molar-refractivity contribution in [1.29, 1.82) is 0 Å². The van der Waals surface area contributed by atoms with Gasteiger partial charge < -0.3 is 25.5 Å². The molecule has 4 aliphatic carbocycles. The molecule has 0 unspecified atom stereocenters. The summed E-state index contributed by atoms with van der Waals surface area (Å²) in [7, 11) is 3.63. The number of likely N-dealkylation sites (N-methyl/N-ethyl adjacent to an activating group) is 1. The number of aliphatic hydroxyl groups excluding tert-OH is 2. The summed E-state index contributed by atoms with van der Waals surface area (Å²) < 4.78 is 6.08. The van der Waals surface area contributed by atoms with Gasteiger partial charge >= 0.3 is 0 Å². The average molecular weight is 586 g/mol. The van der Waals surface area contributed by atoms with Crippen LogP contribution < -0.4 is 5.73 Å². The van der Waals surface area contributed by atoms with Crippen molar-refractivity contribution in [2.45, 2.75) is 71.1 Å². The molecule has 7 rings (SSSR count). The molecular formula is C34H39N3O6. The van der Waals surface area contributed by atoms with E-state index in [1.807, 2.05) is 31.1 Å². The number of rotatable bonds is 5. The van der Waals surface area contributed by atoms with Gasteiger partial charge in [-0.25, -0.2) is 0 Å². The lowest BCUT2D eigenvalue weighted by Crippen LogP contribution is -2.54. The molecule has 2 fully saturated rings. The lowest BCUT2D eigenvalue weighted by Gasteiger charge is -2.48. The van der Waals surface area contributed by atoms with Crippen LogP contribution in [-0.2, 0) is 22.6 Å². The van der Waals surface area contributed by atoms with Gasteiger partial charge in [0.2, 0.25) is 0 Å². The summed E-state index contributed by atoms with van der Waals surface area (Å²) in [6.07, 6.45) is 4.89. The standard InChI is InChI=1S/C34H39N3O6/c1-15-6-7-16(2)37(15)14-18-10-11-43-31(18)20-8-9-23(38)25-21(20)12-19-13-22-28(36(4)5)30(40)26(33(35)42)27-17(3)34(22,27)32(41)24(19)29(25)39/h8-11,15-16,19,22,28,38-40H,6-7,12-14H2,1-5H3,(H2,35,42)/t15-,16-,19+,22+,28+,34+/m1/s1. The van der Waals surface area contributed by atoms with Crippen LogP contribution in [0.2, 0.25) is 0 Å². The van der Waals surface area contributed by atoms with Crippen LogP contribution in [0, 0.1) is 17.3 Å². The molecule has 1 spiro atoms. The Labute approximate surface area is 251 Å². The first-order valence-electron chi connectivity index (χ1n) is 15.2. The van der Waals surface area contributed by atoms with Crippen LogP contribution in [0.25, 0.3) is 17.1 Å². The second-order valence-electron chi connectivity index (χ2n) is 13.4. The van der Waals surface area contributed by atoms with E-state index >= 15 is 0 Å². The second-order valence-corrected chi connectivity index (χ2v) is 13.4. The molecule has 6 atom stereocenters. The van der Waals surface area contributed by atoms with Gasteiger partial charge in [-0.2, -0.15) is 0 Å². The number of nitrogens with two attached hydrogens (primary N) is 1. The highest BCUT2D eigenvalue weighted by atomic mass is 16.3. The number of likely N-dealkylation sites (tertiary alicyclic amines) is 1. The van der Waals surface area contributed by atoms with Gasteiger partial charge in [0.1, 0.15) is 23.0 Å². The minimum Gasteiger partial charge on any atom is -0.510 e. The van der Waals surface area contributed by atoms with E-state index in [1.54, 1.807) is 19.3 Å². The molecule has 43 heavy (non-hydrogen) atoms. The Kier molecular flexibility index (Phi) is 6.08. The number of benzene rings is 1. The highest BCUT2D eigenvalue weighted by Crippen LogP contribution is 2.71. The number of aliphatic hydroxyl groups is 2. The topological polar surface area (TPSA) is 140 Å². The number of ketones is 1. The number of nitrogens with zero attached hydrogens (tertiary/aromatic N) is 2. The van der Waals surface area contributed by atoms with E-state index in [4.69, 9.17) is 10.2 Å². The van der Waals surface area contributed by atoms with Crippen molar-refractivity contribution in [1.82, 2.24) is 9.80 Å². The third-order valence-electron chi connectivity index (χ3n) is 11.1. The van der Waals surface area contributed by atoms with Crippen LogP contribution in [0.15, 0.2) is 56.9 Å². The fourth-order valence-electron chi connectivity index (χ4n) is 9.06. The highest BCUT2D eigenvalue weighted by Gasteiger charge is 2.71. The first-order chi connectivity index (χ1) is 20.4. The summed E-state index contributed by atoms with van der Waals surface area (Å²) in [4.78, 5) is 31.3. The molecule has 0 radical (unpaired) electrons. The smallest absolute Gasteiger partial charge is 0.252 e. The molecule has 5 N–H and O–H groups in total. The van der Waals surface area contributed by atoms with Crippen molar-refractivity contribution >= 4 is 17.4 Å². The van der Waals surface area contributed by atoms with E-state index in [0.717, 1.165) is 36.1 Å². The zero-order chi connectivity index (χ0) is 30.7. The van der Waals surface area contributed by atoms with Gasteiger partial charge in [0.05, 0.1) is 28.9 Å². The van der Waals surface area contributed by atoms with Gasteiger partial charge in [0.25, 0.3) is 5.91 Å². The summed E-state index contributed by atoms with van der Waals surface area (Å²) in [5, 5.41) is 34.1. The third-order valence-corrected chi connectivity index (χ3v) is 11.1. The molecule has 1 saturated carbocycles. The van der Waals surface area contributed by atoms with E-state index in [2.05, 4.69) is 18.7 Å². The molecular weight excluding hydrogens is 546 g/mol. The van der Waals surface area contributed by atoms with Crippen LogP contribution in [0.3, 0.4) is 0 Å². The van der Waals surface area contributed by atoms with Gasteiger partial charge in [0, 0.05) is 41.2 Å². The number of primary amides is 1. The fourth-order valence-corrected chi connectivity index (χ4v) is 9.06. The number of amides is 1. The Morgan fingerprint density at radius 1 is 1.14 bits per heavy atom. The molecule has 226 valence electrons. The number of phenols is 1. The number of carbonyl (C=O) groups is 2. The van der Waals surface area contributed by atoms with Crippen molar-refractivity contribution in [3.8, 4) is 17.1 Å². The number of hydrogen-bond acceptors (Lipinski definition) is 8. The number of furan rings is 1. The lowest BCUT2D eigenvalue weighted by atomic mass is 9.56. The van der Waals surface area contributed by atoms with Crippen molar-refractivity contribution in [2.75, 3.05) is 14.1 Å². The number of carbonyl (C=O) groups excluding carboxylic acids is 2. The Balaban J connectivity index is 1.34. The Bertz CT molecular complexity index is 1680. The molecule has 1 aromatic heterocycles. The van der Waals surface area contributed by atoms with E-state index in [0.29, 0.717) is 41.8 Å². The quantitative estimate of drug-likeness (QED) is 0.399. The Morgan fingerprint density at radius 2 is 1.84 bits per heavy atom. The van der Waals surface area contributed by atoms with Crippen molar-refractivity contribution < 1.29 is 29.3 Å². The predicted octanol–water partition coefficient (Wildman–Crippen LogP) is 4.61. The summed E-state index contributed by atoms with van der Waals surface area (Å²) in [6, 6.07) is 5.70. The van der Waals surface area contributed by atoms with Gasteiger partial charge in [0.15, 0.2) is 5.78 Å². The number of Topliss-reactive ketones (excluding diaryl/α,β-unsaturated/α-hetero) is 1. The van der Waals surface area contributed by atoms with Crippen LogP contribution in [0.1, 0.15) is 56.7 Å². The zero-order valence-corrected chi connectivity index (χ0v) is 25.3. The maximum Gasteiger partial charge on any atom is 0.252 e. The van der Waals surface area contributed by atoms with E-state index in [1.165, 1.54) is 0 Å². The number of phenolic OH excluding ortho intramolecular Hbond substituents is 1. The van der Waals surface area contributed by atoms with Gasteiger partial charge in [-0.3, -0.25) is 19.4 Å². The average Bonchev–Trinajstić information content (AvgIpc) is 3.19. The molecule has 9 nitrogen and oxygen atoms in total. The molecule has 1 aliphatic heterocycles. The summed E-state index contributed by atoms with van der Waals surface area (Å²) in [5.74, 6) is -1.46. The highest BCUT2D eigenvalue weighted by molar-refractivity contribution is 6.18. The van der Waals surface area contributed by atoms with E-state index in [-0.39, 0.29) is 51.6 Å². The number of fused-ring (bicyclic) bond motifs is 2. The van der Waals surface area contributed by atoms with Crippen molar-refractivity contribution in [3.63, 3.8) is 0 Å². The molecule has 2 aromatic rings. The predicted molar refractivity (Wildman–Crippen MR) is 161 cm³/mol. The van der Waals surface area contributed by atoms with Crippen LogP contribution >= 0.6 is 0 Å². The van der Waals surface area contributed by atoms with Crippen LogP contribution in [0.5, 0.6) is 5.75 Å². The third kappa shape index (κ3) is 3.58. The maximum absolute atomic E-state index is 14.5. The van der Waals surface area contributed by atoms with Gasteiger partial charge in [-0.1, -0.05) is 0 Å². The fraction of sp³-hybridized carbons (Fsp3) is 0.471. The molecule has 2 heterocycles. The second kappa shape index (κ2) is 9.34. The summed E-state index contributed by atoms with van der Waals surface area (Å²) in [5.41, 5.74) is 8.91. The largest absolute Gasteiger partial charge is 0.510 e. The molecule has 1 aromatic carbocycles. The molecule has 0 bridgehead atoms. The number of hydrogen-bond donors (Lipinski definition) is 4. The molecule has 5 aliphatic rings. The van der Waals surface area contributed by atoms with Gasteiger partial charge in [-0.05, 0) is 101 Å². The number of aromatic hydroxyl groups is 1. The van der Waals surface area contributed by atoms with Gasteiger partial charge in [-0.15, -0.1) is 0 Å². The Morgan fingerprint density at radius 3 is 2.49 bits per heavy atom. The van der Waals surface area contributed by atoms with E-state index < -0.39 is 17.4 Å². The van der Waals surface area contributed by atoms with Crippen LogP contribution in [-0.4, -0.2) is 69.0 Å². The van der Waals surface area contributed by atoms with Crippen molar-refractivity contribution in [3.05, 3.63) is 69.2 Å². The Hall–Kier alpha value is -3.82. The minimum atomic E-state index is -1.10. The minimum absolute atomic E-state index is 0.00710. The zero-order valence-electron chi connectivity index (χ0n) is 25.3. The number of allylic oxidation sites excluding steroid dienone is 2. The maximum atomic E-state index is 14.5. The first-order valence-corrected chi connectivity index (χ1v) is 15.2. The van der Waals surface area contributed by atoms with Crippen molar-refractivity contribution in [2.24, 2.45) is 23.0 Å². The molecule has 1 amide bonds. The molecule has 1 saturated heterocycles. The normalized spacial score (nSPS) is 31.8. The summed E-state index contributed by atoms with van der Waals surface area (Å²) >= 11 is 0. The summed E-state index contributed by atoms with van der Waals surface area (Å²) in [6.45, 7) is 7.03. The molecule has 9 heteroatoms. The first kappa shape index (κ1) is 28.0. The lowest BCUT2D eigenvalue weighted by molar-refractivity contribution is -0.126. The SMILES string of the molecule is CC1=C2C(C(N)=O)=C(O)[C@@H](N(C)C)[C@@H]3C[C@@H]4Cc5c(-c6occc6CN6[C@H](C)CC[C@H]6C)ccc(O)c5C(O)=C4C(=O)[C@]123.